The maximum atomic E-state index is 13.3. The first-order valence-electron chi connectivity index (χ1n) is 11.5. The molecule has 1 N–H and O–H groups in total. The van der Waals surface area contributed by atoms with Crippen LogP contribution in [0, 0.1) is 5.92 Å². The summed E-state index contributed by atoms with van der Waals surface area (Å²) < 4.78 is 37.5. The molecule has 1 aliphatic heterocycles. The third-order valence-electron chi connectivity index (χ3n) is 6.07. The summed E-state index contributed by atoms with van der Waals surface area (Å²) in [5, 5.41) is 1.31. The Morgan fingerprint density at radius 3 is 2.60 bits per heavy atom. The lowest BCUT2D eigenvalue weighted by Crippen LogP contribution is -2.42. The SMILES string of the molecule is COc1ccc(Cl)c2[nH]cc(-c3cncc(S(=O)(=O)CC4CCN(C(=O)OC(C)(C)C)CC4)c3)c12. The van der Waals surface area contributed by atoms with Crippen molar-refractivity contribution in [2.45, 2.75) is 44.1 Å². The van der Waals surface area contributed by atoms with E-state index in [0.717, 1.165) is 10.9 Å². The van der Waals surface area contributed by atoms with E-state index in [9.17, 15) is 13.2 Å². The zero-order chi connectivity index (χ0) is 25.4. The number of hydrogen-bond acceptors (Lipinski definition) is 6. The van der Waals surface area contributed by atoms with Gasteiger partial charge in [0.2, 0.25) is 0 Å². The van der Waals surface area contributed by atoms with E-state index in [2.05, 4.69) is 9.97 Å². The Labute approximate surface area is 210 Å². The number of rotatable bonds is 5. The fourth-order valence-electron chi connectivity index (χ4n) is 4.33. The van der Waals surface area contributed by atoms with Gasteiger partial charge in [-0.05, 0) is 57.7 Å². The van der Waals surface area contributed by atoms with Crippen molar-refractivity contribution in [3.63, 3.8) is 0 Å². The van der Waals surface area contributed by atoms with Gasteiger partial charge in [-0.3, -0.25) is 4.98 Å². The maximum absolute atomic E-state index is 13.3. The predicted molar refractivity (Wildman–Crippen MR) is 136 cm³/mol. The molecule has 8 nitrogen and oxygen atoms in total. The highest BCUT2D eigenvalue weighted by Gasteiger charge is 2.30. The van der Waals surface area contributed by atoms with Gasteiger partial charge in [-0.1, -0.05) is 11.6 Å². The number of sulfone groups is 1. The molecule has 35 heavy (non-hydrogen) atoms. The summed E-state index contributed by atoms with van der Waals surface area (Å²) in [4.78, 5) is 21.5. The smallest absolute Gasteiger partial charge is 0.410 e. The maximum Gasteiger partial charge on any atom is 0.410 e. The first kappa shape index (κ1) is 25.3. The highest BCUT2D eigenvalue weighted by atomic mass is 35.5. The minimum absolute atomic E-state index is 0.00330. The summed E-state index contributed by atoms with van der Waals surface area (Å²) in [6.07, 6.45) is 5.63. The molecule has 188 valence electrons. The van der Waals surface area contributed by atoms with Crippen LogP contribution < -0.4 is 4.74 Å². The second-order valence-corrected chi connectivity index (χ2v) is 12.2. The van der Waals surface area contributed by atoms with Crippen LogP contribution in [0.25, 0.3) is 22.0 Å². The predicted octanol–water partition coefficient (Wildman–Crippen LogP) is 5.31. The molecule has 0 unspecified atom stereocenters. The molecule has 1 amide bonds. The number of benzene rings is 1. The van der Waals surface area contributed by atoms with Crippen LogP contribution in [0.2, 0.25) is 5.02 Å². The van der Waals surface area contributed by atoms with Gasteiger partial charge in [-0.15, -0.1) is 0 Å². The quantitative estimate of drug-likeness (QED) is 0.490. The van der Waals surface area contributed by atoms with Crippen LogP contribution in [-0.2, 0) is 14.6 Å². The number of carbonyl (C=O) groups excluding carboxylic acids is 1. The summed E-state index contributed by atoms with van der Waals surface area (Å²) in [5.41, 5.74) is 1.56. The molecule has 0 aliphatic carbocycles. The summed E-state index contributed by atoms with van der Waals surface area (Å²) in [5.74, 6) is 0.587. The summed E-state index contributed by atoms with van der Waals surface area (Å²) in [6, 6.07) is 5.16. The van der Waals surface area contributed by atoms with Crippen molar-refractivity contribution >= 4 is 38.4 Å². The third-order valence-corrected chi connectivity index (χ3v) is 8.24. The number of halogens is 1. The number of amides is 1. The van der Waals surface area contributed by atoms with Crippen molar-refractivity contribution in [2.24, 2.45) is 5.92 Å². The Balaban J connectivity index is 1.51. The van der Waals surface area contributed by atoms with Crippen LogP contribution in [0.4, 0.5) is 4.79 Å². The third kappa shape index (κ3) is 5.56. The lowest BCUT2D eigenvalue weighted by molar-refractivity contribution is 0.0191. The lowest BCUT2D eigenvalue weighted by atomic mass is 9.99. The normalized spacial score (nSPS) is 15.4. The molecule has 1 aliphatic rings. The Morgan fingerprint density at radius 2 is 1.94 bits per heavy atom. The molecular weight excluding hydrogens is 490 g/mol. The van der Waals surface area contributed by atoms with E-state index in [0.29, 0.717) is 47.8 Å². The number of hydrogen-bond donors (Lipinski definition) is 1. The molecule has 0 radical (unpaired) electrons. The number of carbonyl (C=O) groups is 1. The molecule has 0 bridgehead atoms. The van der Waals surface area contributed by atoms with E-state index in [1.807, 2.05) is 20.8 Å². The van der Waals surface area contributed by atoms with E-state index >= 15 is 0 Å². The van der Waals surface area contributed by atoms with Gasteiger partial charge in [0.25, 0.3) is 0 Å². The summed E-state index contributed by atoms with van der Waals surface area (Å²) in [7, 11) is -2.01. The average molecular weight is 520 g/mol. The second kappa shape index (κ2) is 9.70. The summed E-state index contributed by atoms with van der Waals surface area (Å²) >= 11 is 6.33. The topological polar surface area (TPSA) is 102 Å². The van der Waals surface area contributed by atoms with Crippen LogP contribution in [0.5, 0.6) is 5.75 Å². The number of aromatic amines is 1. The molecule has 2 aromatic heterocycles. The Morgan fingerprint density at radius 1 is 1.23 bits per heavy atom. The van der Waals surface area contributed by atoms with Gasteiger partial charge in [0.15, 0.2) is 9.84 Å². The number of piperidine rings is 1. The molecule has 10 heteroatoms. The number of H-pyrrole nitrogens is 1. The average Bonchev–Trinajstić information content (AvgIpc) is 3.25. The van der Waals surface area contributed by atoms with Crippen molar-refractivity contribution < 1.29 is 22.7 Å². The molecule has 0 spiro atoms. The fraction of sp³-hybridized carbons (Fsp3) is 0.440. The van der Waals surface area contributed by atoms with Crippen LogP contribution >= 0.6 is 11.6 Å². The van der Waals surface area contributed by atoms with Gasteiger partial charge in [-0.25, -0.2) is 13.2 Å². The number of methoxy groups -OCH3 is 1. The van der Waals surface area contributed by atoms with Crippen molar-refractivity contribution in [3.8, 4) is 16.9 Å². The molecule has 1 saturated heterocycles. The Kier molecular flexibility index (Phi) is 7.02. The lowest BCUT2D eigenvalue weighted by Gasteiger charge is -2.33. The molecule has 4 rings (SSSR count). The summed E-state index contributed by atoms with van der Waals surface area (Å²) in [6.45, 7) is 6.43. The number of likely N-dealkylation sites (tertiary alicyclic amines) is 1. The molecule has 3 heterocycles. The minimum Gasteiger partial charge on any atom is -0.496 e. The Hall–Kier alpha value is -2.78. The number of nitrogens with zero attached hydrogens (tertiary/aromatic N) is 2. The van der Waals surface area contributed by atoms with Gasteiger partial charge in [-0.2, -0.15) is 0 Å². The molecular formula is C25H30ClN3O5S. The molecule has 0 atom stereocenters. The minimum atomic E-state index is -3.58. The number of nitrogens with one attached hydrogen (secondary N) is 1. The van der Waals surface area contributed by atoms with Crippen molar-refractivity contribution in [3.05, 3.63) is 41.8 Å². The second-order valence-electron chi connectivity index (χ2n) is 9.80. The van der Waals surface area contributed by atoms with Crippen molar-refractivity contribution in [1.82, 2.24) is 14.9 Å². The van der Waals surface area contributed by atoms with E-state index in [1.165, 1.54) is 6.20 Å². The van der Waals surface area contributed by atoms with Crippen molar-refractivity contribution in [1.29, 1.82) is 0 Å². The van der Waals surface area contributed by atoms with Crippen molar-refractivity contribution in [2.75, 3.05) is 26.0 Å². The number of fused-ring (bicyclic) bond motifs is 1. The van der Waals surface area contributed by atoms with Crippen LogP contribution in [0.1, 0.15) is 33.6 Å². The highest BCUT2D eigenvalue weighted by molar-refractivity contribution is 7.91. The van der Waals surface area contributed by atoms with E-state index < -0.39 is 15.4 Å². The van der Waals surface area contributed by atoms with Crippen LogP contribution in [0.15, 0.2) is 41.7 Å². The van der Waals surface area contributed by atoms with Gasteiger partial charge in [0.05, 0.1) is 33.7 Å². The molecule has 1 aromatic carbocycles. The van der Waals surface area contributed by atoms with Gasteiger partial charge >= 0.3 is 6.09 Å². The highest BCUT2D eigenvalue weighted by Crippen LogP contribution is 2.39. The molecule has 1 fully saturated rings. The fourth-order valence-corrected chi connectivity index (χ4v) is 6.22. The number of ether oxygens (including phenoxy) is 2. The first-order valence-corrected chi connectivity index (χ1v) is 13.5. The zero-order valence-electron chi connectivity index (χ0n) is 20.3. The zero-order valence-corrected chi connectivity index (χ0v) is 21.9. The van der Waals surface area contributed by atoms with Gasteiger partial charge in [0, 0.05) is 42.8 Å². The molecule has 0 saturated carbocycles. The molecule has 3 aromatic rings. The van der Waals surface area contributed by atoms with E-state index in [-0.39, 0.29) is 22.7 Å². The number of aromatic nitrogens is 2. The van der Waals surface area contributed by atoms with Gasteiger partial charge in [0.1, 0.15) is 11.4 Å². The number of pyridine rings is 1. The van der Waals surface area contributed by atoms with Crippen LogP contribution in [-0.4, -0.2) is 60.9 Å². The van der Waals surface area contributed by atoms with E-state index in [4.69, 9.17) is 21.1 Å². The van der Waals surface area contributed by atoms with Gasteiger partial charge < -0.3 is 19.4 Å². The standard InChI is InChI=1S/C25H30ClN3O5S/c1-25(2,3)34-24(30)29-9-7-16(8-10-29)15-35(31,32)18-11-17(12-27-13-18)19-14-28-23-20(26)5-6-21(33-4)22(19)23/h5-6,11-14,16,28H,7-10,15H2,1-4H3. The monoisotopic (exact) mass is 519 g/mol. The van der Waals surface area contributed by atoms with E-state index in [1.54, 1.807) is 42.6 Å². The first-order chi connectivity index (χ1) is 16.5. The Bertz CT molecular complexity index is 1340. The van der Waals surface area contributed by atoms with Crippen LogP contribution in [0.3, 0.4) is 0 Å². The largest absolute Gasteiger partial charge is 0.496 e.